The van der Waals surface area contributed by atoms with Gasteiger partial charge in [0.05, 0.1) is 19.3 Å². The molecule has 1 saturated heterocycles. The number of morpholine rings is 1. The van der Waals surface area contributed by atoms with Crippen molar-refractivity contribution in [3.05, 3.63) is 47.8 Å². The lowest BCUT2D eigenvalue weighted by Gasteiger charge is -2.32. The Hall–Kier alpha value is -2.32. The maximum absolute atomic E-state index is 13.8. The molecule has 1 atom stereocenters. The van der Waals surface area contributed by atoms with Crippen molar-refractivity contribution < 1.29 is 23.0 Å². The molecule has 0 aliphatic carbocycles. The predicted octanol–water partition coefficient (Wildman–Crippen LogP) is 1.64. The van der Waals surface area contributed by atoms with Crippen molar-refractivity contribution in [2.75, 3.05) is 33.4 Å². The first-order chi connectivity index (χ1) is 11.6. The fourth-order valence-electron chi connectivity index (χ4n) is 2.62. The van der Waals surface area contributed by atoms with Crippen LogP contribution in [-0.2, 0) is 9.47 Å². The summed E-state index contributed by atoms with van der Waals surface area (Å²) in [6, 6.07) is 4.99. The summed E-state index contributed by atoms with van der Waals surface area (Å²) < 4.78 is 39.2. The van der Waals surface area contributed by atoms with E-state index in [1.54, 1.807) is 12.0 Å². The second-order valence-electron chi connectivity index (χ2n) is 5.42. The largest absolute Gasteiger partial charge is 0.382 e. The first kappa shape index (κ1) is 16.5. The van der Waals surface area contributed by atoms with Crippen LogP contribution in [0, 0.1) is 11.6 Å². The number of hydrogen-bond donors (Lipinski definition) is 0. The average molecular weight is 337 g/mol. The molecule has 2 aromatic rings. The summed E-state index contributed by atoms with van der Waals surface area (Å²) in [7, 11) is 1.56. The highest BCUT2D eigenvalue weighted by atomic mass is 19.1. The summed E-state index contributed by atoms with van der Waals surface area (Å²) in [5, 5.41) is 4.02. The zero-order chi connectivity index (χ0) is 17.1. The maximum Gasteiger partial charge on any atom is 0.274 e. The van der Waals surface area contributed by atoms with Gasteiger partial charge in [-0.2, -0.15) is 5.10 Å². The molecule has 24 heavy (non-hydrogen) atoms. The molecule has 2 heterocycles. The van der Waals surface area contributed by atoms with Gasteiger partial charge < -0.3 is 14.4 Å². The molecule has 1 amide bonds. The minimum absolute atomic E-state index is 0.121. The number of nitrogens with zero attached hydrogens (tertiary/aromatic N) is 3. The minimum atomic E-state index is -0.747. The van der Waals surface area contributed by atoms with Crippen molar-refractivity contribution >= 4 is 5.91 Å². The number of ether oxygens (including phenoxy) is 2. The van der Waals surface area contributed by atoms with Gasteiger partial charge in [-0.05, 0) is 18.2 Å². The molecule has 0 spiro atoms. The Morgan fingerprint density at radius 3 is 2.83 bits per heavy atom. The van der Waals surface area contributed by atoms with E-state index < -0.39 is 11.6 Å². The fraction of sp³-hybridized carbons (Fsp3) is 0.375. The van der Waals surface area contributed by atoms with Crippen LogP contribution in [0.1, 0.15) is 10.5 Å². The molecule has 0 radical (unpaired) electrons. The van der Waals surface area contributed by atoms with Gasteiger partial charge in [-0.15, -0.1) is 0 Å². The van der Waals surface area contributed by atoms with Crippen LogP contribution in [-0.4, -0.2) is 60.1 Å². The number of methoxy groups -OCH3 is 1. The van der Waals surface area contributed by atoms with Gasteiger partial charge in [-0.1, -0.05) is 6.07 Å². The van der Waals surface area contributed by atoms with E-state index in [1.807, 2.05) is 0 Å². The van der Waals surface area contributed by atoms with E-state index in [2.05, 4.69) is 5.10 Å². The summed E-state index contributed by atoms with van der Waals surface area (Å²) in [6.45, 7) is 1.61. The number of hydrogen-bond acceptors (Lipinski definition) is 4. The topological polar surface area (TPSA) is 56.6 Å². The highest BCUT2D eigenvalue weighted by molar-refractivity contribution is 5.92. The molecule has 1 aliphatic heterocycles. The first-order valence-corrected chi connectivity index (χ1v) is 7.50. The van der Waals surface area contributed by atoms with Gasteiger partial charge in [-0.25, -0.2) is 13.5 Å². The molecule has 0 saturated carbocycles. The van der Waals surface area contributed by atoms with E-state index in [1.165, 1.54) is 18.3 Å². The second-order valence-corrected chi connectivity index (χ2v) is 5.42. The molecule has 1 aliphatic rings. The second kappa shape index (κ2) is 7.06. The number of para-hydroxylation sites is 1. The van der Waals surface area contributed by atoms with Crippen LogP contribution >= 0.6 is 0 Å². The Kier molecular flexibility index (Phi) is 4.86. The van der Waals surface area contributed by atoms with Gasteiger partial charge in [0, 0.05) is 26.4 Å². The van der Waals surface area contributed by atoms with Crippen molar-refractivity contribution in [2.24, 2.45) is 0 Å². The third kappa shape index (κ3) is 3.29. The minimum Gasteiger partial charge on any atom is -0.382 e. The normalized spacial score (nSPS) is 18.0. The van der Waals surface area contributed by atoms with Gasteiger partial charge in [0.2, 0.25) is 0 Å². The van der Waals surface area contributed by atoms with Gasteiger partial charge in [0.25, 0.3) is 5.91 Å². The summed E-state index contributed by atoms with van der Waals surface area (Å²) >= 11 is 0. The lowest BCUT2D eigenvalue weighted by Crippen LogP contribution is -2.47. The number of aromatic nitrogens is 2. The fourth-order valence-corrected chi connectivity index (χ4v) is 2.62. The number of rotatable bonds is 4. The van der Waals surface area contributed by atoms with Crippen LogP contribution in [0.25, 0.3) is 5.69 Å². The van der Waals surface area contributed by atoms with Gasteiger partial charge in [0.15, 0.2) is 17.3 Å². The summed E-state index contributed by atoms with van der Waals surface area (Å²) in [4.78, 5) is 14.1. The molecule has 1 aromatic heterocycles. The number of amides is 1. The van der Waals surface area contributed by atoms with E-state index in [0.29, 0.717) is 26.3 Å². The summed E-state index contributed by atoms with van der Waals surface area (Å²) in [5.74, 6) is -1.80. The Labute approximate surface area is 137 Å². The quantitative estimate of drug-likeness (QED) is 0.851. The number of carbonyl (C=O) groups excluding carboxylic acids is 1. The van der Waals surface area contributed by atoms with Crippen molar-refractivity contribution in [3.8, 4) is 5.69 Å². The highest BCUT2D eigenvalue weighted by Crippen LogP contribution is 2.18. The van der Waals surface area contributed by atoms with E-state index >= 15 is 0 Å². The summed E-state index contributed by atoms with van der Waals surface area (Å²) in [5.41, 5.74) is -0.188. The SMILES string of the molecule is COCC1CN(C(=O)c2ccn(-c3c(F)cccc3F)n2)CCO1. The molecule has 0 N–H and O–H groups in total. The molecule has 8 heteroatoms. The van der Waals surface area contributed by atoms with Gasteiger partial charge >= 0.3 is 0 Å². The van der Waals surface area contributed by atoms with Crippen LogP contribution in [0.5, 0.6) is 0 Å². The molecule has 1 fully saturated rings. The van der Waals surface area contributed by atoms with Crippen LogP contribution in [0.4, 0.5) is 8.78 Å². The van der Waals surface area contributed by atoms with Crippen LogP contribution in [0.3, 0.4) is 0 Å². The van der Waals surface area contributed by atoms with E-state index in [-0.39, 0.29) is 23.4 Å². The molecule has 128 valence electrons. The van der Waals surface area contributed by atoms with Gasteiger partial charge in [0.1, 0.15) is 5.69 Å². The van der Waals surface area contributed by atoms with Crippen molar-refractivity contribution in [2.45, 2.75) is 6.10 Å². The molecular formula is C16H17F2N3O3. The van der Waals surface area contributed by atoms with Crippen LogP contribution in [0.2, 0.25) is 0 Å². The van der Waals surface area contributed by atoms with E-state index in [0.717, 1.165) is 16.8 Å². The van der Waals surface area contributed by atoms with E-state index in [9.17, 15) is 13.6 Å². The molecule has 3 rings (SSSR count). The highest BCUT2D eigenvalue weighted by Gasteiger charge is 2.26. The molecule has 0 bridgehead atoms. The first-order valence-electron chi connectivity index (χ1n) is 7.50. The number of halogens is 2. The smallest absolute Gasteiger partial charge is 0.274 e. The Morgan fingerprint density at radius 2 is 2.12 bits per heavy atom. The summed E-state index contributed by atoms with van der Waals surface area (Å²) in [6.07, 6.45) is 1.17. The monoisotopic (exact) mass is 337 g/mol. The zero-order valence-corrected chi connectivity index (χ0v) is 13.1. The van der Waals surface area contributed by atoms with Crippen LogP contribution < -0.4 is 0 Å². The van der Waals surface area contributed by atoms with Crippen LogP contribution in [0.15, 0.2) is 30.5 Å². The Morgan fingerprint density at radius 1 is 1.38 bits per heavy atom. The zero-order valence-electron chi connectivity index (χ0n) is 13.1. The number of benzene rings is 1. The van der Waals surface area contributed by atoms with Gasteiger partial charge in [-0.3, -0.25) is 4.79 Å². The van der Waals surface area contributed by atoms with Crippen molar-refractivity contribution in [1.82, 2.24) is 14.7 Å². The Bertz CT molecular complexity index is 713. The molecule has 1 unspecified atom stereocenters. The molecule has 1 aromatic carbocycles. The van der Waals surface area contributed by atoms with Crippen molar-refractivity contribution in [1.29, 1.82) is 0 Å². The predicted molar refractivity (Wildman–Crippen MR) is 81.0 cm³/mol. The lowest BCUT2D eigenvalue weighted by molar-refractivity contribution is -0.0532. The maximum atomic E-state index is 13.8. The van der Waals surface area contributed by atoms with E-state index in [4.69, 9.17) is 9.47 Å². The molecular weight excluding hydrogens is 320 g/mol. The standard InChI is InChI=1S/C16H17F2N3O3/c1-23-10-11-9-20(7-8-24-11)16(22)14-5-6-21(19-14)15-12(17)3-2-4-13(15)18/h2-6,11H,7-10H2,1H3. The number of carbonyl (C=O) groups is 1. The lowest BCUT2D eigenvalue weighted by atomic mass is 10.2. The van der Waals surface area contributed by atoms with Crippen molar-refractivity contribution in [3.63, 3.8) is 0 Å². The Balaban J connectivity index is 1.79. The third-order valence-electron chi connectivity index (χ3n) is 3.75. The molecule has 6 nitrogen and oxygen atoms in total. The third-order valence-corrected chi connectivity index (χ3v) is 3.75. The average Bonchev–Trinajstić information content (AvgIpc) is 3.04.